The van der Waals surface area contributed by atoms with Crippen LogP contribution in [-0.2, 0) is 11.2 Å². The second kappa shape index (κ2) is 10.0. The number of fused-ring (bicyclic) bond motifs is 1. The van der Waals surface area contributed by atoms with Gasteiger partial charge in [0.05, 0.1) is 18.7 Å². The van der Waals surface area contributed by atoms with Crippen molar-refractivity contribution in [2.45, 2.75) is 32.6 Å². The molecule has 7 heteroatoms. The van der Waals surface area contributed by atoms with Crippen molar-refractivity contribution in [1.82, 2.24) is 15.0 Å². The van der Waals surface area contributed by atoms with Crippen LogP contribution in [0.5, 0.6) is 0 Å². The van der Waals surface area contributed by atoms with Crippen LogP contribution in [-0.4, -0.2) is 47.8 Å². The molecule has 0 amide bonds. The van der Waals surface area contributed by atoms with Crippen molar-refractivity contribution >= 4 is 34.1 Å². The number of nitrogens with zero attached hydrogens (tertiary/aromatic N) is 4. The maximum atomic E-state index is 6.07. The Balaban J connectivity index is 1.24. The lowest BCUT2D eigenvalue weighted by Crippen LogP contribution is -2.37. The van der Waals surface area contributed by atoms with E-state index in [0.29, 0.717) is 5.02 Å². The first-order chi connectivity index (χ1) is 14.7. The van der Waals surface area contributed by atoms with E-state index in [9.17, 15) is 0 Å². The summed E-state index contributed by atoms with van der Waals surface area (Å²) in [6.45, 7) is 6.21. The van der Waals surface area contributed by atoms with Gasteiger partial charge in [0.1, 0.15) is 0 Å². The summed E-state index contributed by atoms with van der Waals surface area (Å²) in [6.07, 6.45) is 6.19. The van der Waals surface area contributed by atoms with E-state index in [0.717, 1.165) is 92.5 Å². The molecule has 1 saturated heterocycles. The van der Waals surface area contributed by atoms with E-state index < -0.39 is 0 Å². The van der Waals surface area contributed by atoms with Gasteiger partial charge in [0, 0.05) is 53.3 Å². The Morgan fingerprint density at radius 2 is 1.93 bits per heavy atom. The third-order valence-corrected chi connectivity index (χ3v) is 5.55. The zero-order valence-electron chi connectivity index (χ0n) is 17.4. The third kappa shape index (κ3) is 5.37. The number of anilines is 2. The number of hydrogen-bond acceptors (Lipinski definition) is 6. The Morgan fingerprint density at radius 3 is 2.80 bits per heavy atom. The van der Waals surface area contributed by atoms with Crippen LogP contribution in [0.25, 0.3) is 10.9 Å². The number of rotatable bonds is 8. The Bertz CT molecular complexity index is 990. The Kier molecular flexibility index (Phi) is 6.97. The lowest BCUT2D eigenvalue weighted by molar-refractivity contribution is 0.122. The van der Waals surface area contributed by atoms with Gasteiger partial charge in [-0.2, -0.15) is 0 Å². The van der Waals surface area contributed by atoms with Crippen LogP contribution in [0.1, 0.15) is 30.7 Å². The van der Waals surface area contributed by atoms with Gasteiger partial charge in [-0.1, -0.05) is 18.0 Å². The number of hydrogen-bond donors (Lipinski definition) is 1. The van der Waals surface area contributed by atoms with E-state index in [-0.39, 0.29) is 0 Å². The first-order valence-electron chi connectivity index (χ1n) is 10.6. The Labute approximate surface area is 182 Å². The number of aromatic nitrogens is 3. The molecule has 3 aromatic rings. The van der Waals surface area contributed by atoms with Gasteiger partial charge >= 0.3 is 0 Å². The predicted molar refractivity (Wildman–Crippen MR) is 123 cm³/mol. The summed E-state index contributed by atoms with van der Waals surface area (Å²) in [5, 5.41) is 5.36. The van der Waals surface area contributed by atoms with Crippen molar-refractivity contribution in [3.63, 3.8) is 0 Å². The van der Waals surface area contributed by atoms with Crippen molar-refractivity contribution < 1.29 is 4.74 Å². The Hall–Kier alpha value is -2.44. The van der Waals surface area contributed by atoms with E-state index in [1.165, 1.54) is 0 Å². The molecule has 2 aromatic heterocycles. The zero-order valence-corrected chi connectivity index (χ0v) is 18.2. The van der Waals surface area contributed by atoms with Crippen molar-refractivity contribution in [2.75, 3.05) is 43.1 Å². The number of pyridine rings is 1. The molecular weight excluding hydrogens is 398 g/mol. The van der Waals surface area contributed by atoms with Crippen LogP contribution in [0.2, 0.25) is 5.02 Å². The summed E-state index contributed by atoms with van der Waals surface area (Å²) in [5.41, 5.74) is 4.20. The summed E-state index contributed by atoms with van der Waals surface area (Å²) in [6, 6.07) is 9.96. The molecule has 4 rings (SSSR count). The highest BCUT2D eigenvalue weighted by molar-refractivity contribution is 6.31. The second-order valence-electron chi connectivity index (χ2n) is 7.66. The summed E-state index contributed by atoms with van der Waals surface area (Å²) in [4.78, 5) is 16.0. The summed E-state index contributed by atoms with van der Waals surface area (Å²) in [5.74, 6) is 0.847. The molecule has 0 atom stereocenters. The van der Waals surface area contributed by atoms with E-state index in [2.05, 4.69) is 26.3 Å². The van der Waals surface area contributed by atoms with E-state index >= 15 is 0 Å². The first-order valence-corrected chi connectivity index (χ1v) is 11.0. The fraction of sp³-hybridized carbons (Fsp3) is 0.435. The van der Waals surface area contributed by atoms with Gasteiger partial charge in [0.25, 0.3) is 0 Å². The van der Waals surface area contributed by atoms with Gasteiger partial charge < -0.3 is 15.0 Å². The molecule has 0 radical (unpaired) electrons. The van der Waals surface area contributed by atoms with Gasteiger partial charge in [-0.3, -0.25) is 4.98 Å². The minimum absolute atomic E-state index is 0.712. The normalized spacial score (nSPS) is 14.3. The van der Waals surface area contributed by atoms with Crippen LogP contribution < -0.4 is 10.2 Å². The quantitative estimate of drug-likeness (QED) is 0.530. The van der Waals surface area contributed by atoms with Crippen LogP contribution >= 0.6 is 11.6 Å². The molecule has 0 bridgehead atoms. The fourth-order valence-corrected chi connectivity index (χ4v) is 3.92. The van der Waals surface area contributed by atoms with E-state index in [4.69, 9.17) is 21.3 Å². The fourth-order valence-electron chi connectivity index (χ4n) is 3.76. The first kappa shape index (κ1) is 20.8. The molecule has 158 valence electrons. The molecule has 0 spiro atoms. The predicted octanol–water partition coefficient (Wildman–Crippen LogP) is 4.65. The van der Waals surface area contributed by atoms with Gasteiger partial charge in [-0.15, -0.1) is 0 Å². The Morgan fingerprint density at radius 1 is 1.07 bits per heavy atom. The maximum absolute atomic E-state index is 6.07. The summed E-state index contributed by atoms with van der Waals surface area (Å²) < 4.78 is 5.43. The molecular formula is C23H28ClN5O. The van der Waals surface area contributed by atoms with Gasteiger partial charge in [0.2, 0.25) is 5.95 Å². The molecule has 0 saturated carbocycles. The lowest BCUT2D eigenvalue weighted by atomic mass is 10.1. The highest BCUT2D eigenvalue weighted by atomic mass is 35.5. The highest BCUT2D eigenvalue weighted by Crippen LogP contribution is 2.24. The minimum atomic E-state index is 0.712. The molecule has 1 fully saturated rings. The van der Waals surface area contributed by atoms with Gasteiger partial charge in [-0.05, 0) is 56.5 Å². The smallest absolute Gasteiger partial charge is 0.225 e. The van der Waals surface area contributed by atoms with Crippen LogP contribution in [0.3, 0.4) is 0 Å². The van der Waals surface area contributed by atoms with Crippen molar-refractivity contribution in [2.24, 2.45) is 0 Å². The monoisotopic (exact) mass is 425 g/mol. The van der Waals surface area contributed by atoms with Gasteiger partial charge in [-0.25, -0.2) is 9.97 Å². The average Bonchev–Trinajstić information content (AvgIpc) is 2.76. The SMILES string of the molecule is Cc1cc(CCCCCNc2ccnc3cc(Cl)ccc23)nc(N2CCOCC2)n1. The molecule has 6 nitrogen and oxygen atoms in total. The zero-order chi connectivity index (χ0) is 20.8. The molecule has 1 N–H and O–H groups in total. The number of nitrogens with one attached hydrogen (secondary N) is 1. The van der Waals surface area contributed by atoms with Crippen molar-refractivity contribution in [1.29, 1.82) is 0 Å². The molecule has 3 heterocycles. The number of benzene rings is 1. The maximum Gasteiger partial charge on any atom is 0.225 e. The van der Waals surface area contributed by atoms with Crippen LogP contribution in [0.4, 0.5) is 11.6 Å². The van der Waals surface area contributed by atoms with Gasteiger partial charge in [0.15, 0.2) is 0 Å². The van der Waals surface area contributed by atoms with Crippen LogP contribution in [0.15, 0.2) is 36.5 Å². The number of ether oxygens (including phenoxy) is 1. The minimum Gasteiger partial charge on any atom is -0.384 e. The number of aryl methyl sites for hydroxylation is 2. The lowest BCUT2D eigenvalue weighted by Gasteiger charge is -2.27. The number of morpholine rings is 1. The molecule has 1 aromatic carbocycles. The molecule has 30 heavy (non-hydrogen) atoms. The van der Waals surface area contributed by atoms with Crippen molar-refractivity contribution in [3.05, 3.63) is 52.9 Å². The third-order valence-electron chi connectivity index (χ3n) is 5.32. The second-order valence-corrected chi connectivity index (χ2v) is 8.09. The topological polar surface area (TPSA) is 63.2 Å². The van der Waals surface area contributed by atoms with E-state index in [1.807, 2.05) is 37.4 Å². The molecule has 0 aliphatic carbocycles. The molecule has 1 aliphatic rings. The number of unbranched alkanes of at least 4 members (excludes halogenated alkanes) is 2. The summed E-state index contributed by atoms with van der Waals surface area (Å²) >= 11 is 6.07. The molecule has 0 unspecified atom stereocenters. The largest absolute Gasteiger partial charge is 0.384 e. The summed E-state index contributed by atoms with van der Waals surface area (Å²) in [7, 11) is 0. The molecule has 1 aliphatic heterocycles. The number of halogens is 1. The van der Waals surface area contributed by atoms with E-state index in [1.54, 1.807) is 0 Å². The standard InChI is InChI=1S/C23H28ClN5O/c1-17-15-19(28-23(27-17)29-11-13-30-14-12-29)5-3-2-4-9-25-21-8-10-26-22-16-18(24)6-7-20(21)22/h6-8,10,15-16H,2-5,9,11-14H2,1H3,(H,25,26). The highest BCUT2D eigenvalue weighted by Gasteiger charge is 2.14. The average molecular weight is 426 g/mol. The van der Waals surface area contributed by atoms with Crippen molar-refractivity contribution in [3.8, 4) is 0 Å². The van der Waals surface area contributed by atoms with Crippen LogP contribution in [0, 0.1) is 6.92 Å².